The fraction of sp³-hybridized carbons (Fsp3) is 1.00. The van der Waals surface area contributed by atoms with Crippen LogP contribution in [0.25, 0.3) is 0 Å². The van der Waals surface area contributed by atoms with Gasteiger partial charge in [0.15, 0.2) is 0 Å². The van der Waals surface area contributed by atoms with Crippen LogP contribution in [0.3, 0.4) is 0 Å². The van der Waals surface area contributed by atoms with Crippen LogP contribution in [0.2, 0.25) is 0 Å². The predicted molar refractivity (Wildman–Crippen MR) is 60.5 cm³/mol. The third-order valence-corrected chi connectivity index (χ3v) is 3.13. The van der Waals surface area contributed by atoms with Gasteiger partial charge in [-0.05, 0) is 38.5 Å². The molecule has 2 nitrogen and oxygen atoms in total. The van der Waals surface area contributed by atoms with Gasteiger partial charge in [-0.15, -0.1) is 0 Å². The van der Waals surface area contributed by atoms with Gasteiger partial charge in [0.05, 0.1) is 6.61 Å². The van der Waals surface area contributed by atoms with E-state index in [9.17, 15) is 0 Å². The van der Waals surface area contributed by atoms with Gasteiger partial charge in [0.25, 0.3) is 0 Å². The molecule has 1 atom stereocenters. The van der Waals surface area contributed by atoms with Gasteiger partial charge in [-0.25, -0.2) is 0 Å². The third kappa shape index (κ3) is 3.97. The van der Waals surface area contributed by atoms with Crippen molar-refractivity contribution < 1.29 is 4.74 Å². The van der Waals surface area contributed by atoms with Crippen LogP contribution in [0.15, 0.2) is 0 Å². The summed E-state index contributed by atoms with van der Waals surface area (Å²) in [6, 6.07) is 0.504. The zero-order valence-corrected chi connectivity index (χ0v) is 9.94. The Morgan fingerprint density at radius 1 is 1.36 bits per heavy atom. The predicted octanol–water partition coefficient (Wildman–Crippen LogP) is 2.58. The average molecular weight is 199 g/mol. The highest BCUT2D eigenvalue weighted by Gasteiger charge is 2.40. The van der Waals surface area contributed by atoms with Crippen LogP contribution in [0.1, 0.15) is 46.5 Å². The van der Waals surface area contributed by atoms with Crippen molar-refractivity contribution in [2.24, 2.45) is 5.41 Å². The molecule has 1 rings (SSSR count). The first-order valence-corrected chi connectivity index (χ1v) is 6.03. The summed E-state index contributed by atoms with van der Waals surface area (Å²) in [7, 11) is 0. The van der Waals surface area contributed by atoms with E-state index in [1.807, 2.05) is 6.92 Å². The van der Waals surface area contributed by atoms with E-state index in [1.54, 1.807) is 0 Å². The average Bonchev–Trinajstić information content (AvgIpc) is 2.93. The van der Waals surface area contributed by atoms with E-state index in [1.165, 1.54) is 32.2 Å². The Morgan fingerprint density at radius 2 is 2.07 bits per heavy atom. The van der Waals surface area contributed by atoms with Gasteiger partial charge in [-0.2, -0.15) is 0 Å². The van der Waals surface area contributed by atoms with Crippen LogP contribution in [-0.4, -0.2) is 25.8 Å². The van der Waals surface area contributed by atoms with Crippen molar-refractivity contribution in [1.82, 2.24) is 5.32 Å². The molecule has 0 aliphatic heterocycles. The van der Waals surface area contributed by atoms with E-state index in [-0.39, 0.29) is 0 Å². The summed E-state index contributed by atoms with van der Waals surface area (Å²) in [4.78, 5) is 0. The molecule has 0 aromatic carbocycles. The molecule has 2 heteroatoms. The topological polar surface area (TPSA) is 21.3 Å². The zero-order valence-electron chi connectivity index (χ0n) is 9.94. The van der Waals surface area contributed by atoms with E-state index in [2.05, 4.69) is 19.2 Å². The molecule has 0 aromatic heterocycles. The smallest absolute Gasteiger partial charge is 0.0616 e. The fourth-order valence-corrected chi connectivity index (χ4v) is 1.97. The van der Waals surface area contributed by atoms with Crippen molar-refractivity contribution in [3.63, 3.8) is 0 Å². The molecule has 0 aromatic rings. The van der Waals surface area contributed by atoms with Crippen LogP contribution in [0.5, 0.6) is 0 Å². The maximum atomic E-state index is 5.38. The van der Waals surface area contributed by atoms with Gasteiger partial charge in [-0.3, -0.25) is 0 Å². The van der Waals surface area contributed by atoms with E-state index in [4.69, 9.17) is 4.74 Å². The van der Waals surface area contributed by atoms with Crippen molar-refractivity contribution in [3.8, 4) is 0 Å². The lowest BCUT2D eigenvalue weighted by Gasteiger charge is -2.19. The van der Waals surface area contributed by atoms with Crippen LogP contribution in [0, 0.1) is 5.41 Å². The molecule has 14 heavy (non-hydrogen) atoms. The van der Waals surface area contributed by atoms with Crippen molar-refractivity contribution in [2.75, 3.05) is 19.8 Å². The van der Waals surface area contributed by atoms with Gasteiger partial charge >= 0.3 is 0 Å². The molecule has 0 amide bonds. The minimum atomic E-state index is 0.504. The second-order valence-corrected chi connectivity index (χ2v) is 4.69. The SMILES string of the molecule is CCCC1(CNC(C)COCC)CC1. The normalized spacial score (nSPS) is 20.8. The summed E-state index contributed by atoms with van der Waals surface area (Å²) in [5.74, 6) is 0. The maximum Gasteiger partial charge on any atom is 0.0616 e. The van der Waals surface area contributed by atoms with E-state index in [0.717, 1.165) is 13.2 Å². The van der Waals surface area contributed by atoms with E-state index < -0.39 is 0 Å². The number of ether oxygens (including phenoxy) is 1. The van der Waals surface area contributed by atoms with Crippen molar-refractivity contribution in [2.45, 2.75) is 52.5 Å². The van der Waals surface area contributed by atoms with Gasteiger partial charge in [-0.1, -0.05) is 13.3 Å². The molecule has 1 fully saturated rings. The highest BCUT2D eigenvalue weighted by Crippen LogP contribution is 2.48. The Balaban J connectivity index is 2.07. The second-order valence-electron chi connectivity index (χ2n) is 4.69. The molecular formula is C12H25NO. The van der Waals surface area contributed by atoms with Crippen LogP contribution in [-0.2, 0) is 4.74 Å². The lowest BCUT2D eigenvalue weighted by Crippen LogP contribution is -2.35. The van der Waals surface area contributed by atoms with E-state index in [0.29, 0.717) is 11.5 Å². The molecule has 0 saturated heterocycles. The molecule has 0 heterocycles. The maximum absolute atomic E-state index is 5.38. The Bertz CT molecular complexity index is 154. The molecular weight excluding hydrogens is 174 g/mol. The minimum Gasteiger partial charge on any atom is -0.380 e. The third-order valence-electron chi connectivity index (χ3n) is 3.13. The first kappa shape index (κ1) is 12.0. The summed E-state index contributed by atoms with van der Waals surface area (Å²) in [5, 5.41) is 3.58. The van der Waals surface area contributed by atoms with Crippen LogP contribution in [0.4, 0.5) is 0 Å². The summed E-state index contributed by atoms with van der Waals surface area (Å²) in [6.45, 7) is 9.40. The van der Waals surface area contributed by atoms with Crippen LogP contribution >= 0.6 is 0 Å². The largest absolute Gasteiger partial charge is 0.380 e. The fourth-order valence-electron chi connectivity index (χ4n) is 1.97. The molecule has 0 spiro atoms. The minimum absolute atomic E-state index is 0.504. The van der Waals surface area contributed by atoms with E-state index >= 15 is 0 Å². The molecule has 0 bridgehead atoms. The summed E-state index contributed by atoms with van der Waals surface area (Å²) >= 11 is 0. The molecule has 84 valence electrons. The van der Waals surface area contributed by atoms with Crippen molar-refractivity contribution in [1.29, 1.82) is 0 Å². The Morgan fingerprint density at radius 3 is 2.57 bits per heavy atom. The lowest BCUT2D eigenvalue weighted by molar-refractivity contribution is 0.125. The number of nitrogens with one attached hydrogen (secondary N) is 1. The molecule has 1 aliphatic rings. The lowest BCUT2D eigenvalue weighted by atomic mass is 10.0. The molecule has 1 unspecified atom stereocenters. The highest BCUT2D eigenvalue weighted by molar-refractivity contribution is 4.94. The second kappa shape index (κ2) is 5.72. The number of hydrogen-bond acceptors (Lipinski definition) is 2. The molecule has 1 aliphatic carbocycles. The van der Waals surface area contributed by atoms with Gasteiger partial charge < -0.3 is 10.1 Å². The summed E-state index contributed by atoms with van der Waals surface area (Å²) < 4.78 is 5.38. The van der Waals surface area contributed by atoms with Gasteiger partial charge in [0.1, 0.15) is 0 Å². The van der Waals surface area contributed by atoms with Crippen LogP contribution < -0.4 is 5.32 Å². The highest BCUT2D eigenvalue weighted by atomic mass is 16.5. The summed E-state index contributed by atoms with van der Waals surface area (Å²) in [6.07, 6.45) is 5.56. The first-order chi connectivity index (χ1) is 6.72. The number of rotatable bonds is 8. The standard InChI is InChI=1S/C12H25NO/c1-4-6-12(7-8-12)10-13-11(3)9-14-5-2/h11,13H,4-10H2,1-3H3. The molecule has 0 radical (unpaired) electrons. The Hall–Kier alpha value is -0.0800. The molecule has 1 saturated carbocycles. The monoisotopic (exact) mass is 199 g/mol. The summed E-state index contributed by atoms with van der Waals surface area (Å²) in [5.41, 5.74) is 0.662. The first-order valence-electron chi connectivity index (χ1n) is 6.03. The zero-order chi connectivity index (χ0) is 10.4. The Labute approximate surface area is 88.4 Å². The van der Waals surface area contributed by atoms with Gasteiger partial charge in [0, 0.05) is 19.2 Å². The Kier molecular flexibility index (Phi) is 4.90. The number of hydrogen-bond donors (Lipinski definition) is 1. The van der Waals surface area contributed by atoms with Crippen molar-refractivity contribution >= 4 is 0 Å². The molecule has 1 N–H and O–H groups in total. The quantitative estimate of drug-likeness (QED) is 0.649. The van der Waals surface area contributed by atoms with Crippen molar-refractivity contribution in [3.05, 3.63) is 0 Å². The van der Waals surface area contributed by atoms with Gasteiger partial charge in [0.2, 0.25) is 0 Å².